The molecule has 2 aromatic carbocycles. The van der Waals surface area contributed by atoms with E-state index in [9.17, 15) is 4.79 Å². The summed E-state index contributed by atoms with van der Waals surface area (Å²) in [5, 5.41) is 9.40. The number of carbonyl (C=O) groups excluding carboxylic acids is 1. The Labute approximate surface area is 175 Å². The van der Waals surface area contributed by atoms with Crippen molar-refractivity contribution in [2.75, 3.05) is 10.6 Å². The maximum absolute atomic E-state index is 12.3. The van der Waals surface area contributed by atoms with Gasteiger partial charge in [0.2, 0.25) is 0 Å². The lowest BCUT2D eigenvalue weighted by atomic mass is 9.93. The number of amides is 2. The molecule has 2 amide bonds. The third-order valence-corrected chi connectivity index (χ3v) is 5.06. The van der Waals surface area contributed by atoms with E-state index < -0.39 is 0 Å². The van der Waals surface area contributed by atoms with Gasteiger partial charge in [-0.3, -0.25) is 9.88 Å². The first-order valence-electron chi connectivity index (χ1n) is 9.81. The number of nitrogens with zero attached hydrogens (tertiary/aromatic N) is 3. The summed E-state index contributed by atoms with van der Waals surface area (Å²) >= 11 is 0. The van der Waals surface area contributed by atoms with E-state index in [2.05, 4.69) is 46.8 Å². The van der Waals surface area contributed by atoms with Crippen LogP contribution in [0, 0.1) is 13.8 Å². The fourth-order valence-corrected chi connectivity index (χ4v) is 3.14. The molecule has 2 heterocycles. The van der Waals surface area contributed by atoms with Gasteiger partial charge in [-0.1, -0.05) is 25.9 Å². The molecule has 7 heteroatoms. The van der Waals surface area contributed by atoms with Crippen molar-refractivity contribution in [3.63, 3.8) is 0 Å². The van der Waals surface area contributed by atoms with Crippen LogP contribution >= 0.6 is 0 Å². The van der Waals surface area contributed by atoms with Gasteiger partial charge in [0, 0.05) is 22.9 Å². The van der Waals surface area contributed by atoms with Crippen molar-refractivity contribution in [1.82, 2.24) is 14.7 Å². The molecule has 2 aromatic heterocycles. The van der Waals surface area contributed by atoms with Crippen LogP contribution in [-0.2, 0) is 5.41 Å². The molecule has 0 radical (unpaired) electrons. The molecular formula is C23H25N5O2. The summed E-state index contributed by atoms with van der Waals surface area (Å²) < 4.78 is 7.32. The first-order valence-corrected chi connectivity index (χ1v) is 9.81. The number of hydrogen-bond acceptors (Lipinski definition) is 4. The number of hydrogen-bond donors (Lipinski definition) is 2. The highest BCUT2D eigenvalue weighted by Crippen LogP contribution is 2.25. The minimum absolute atomic E-state index is 0.173. The molecule has 0 spiro atoms. The Bertz CT molecular complexity index is 1210. The molecule has 4 rings (SSSR count). The van der Waals surface area contributed by atoms with E-state index in [-0.39, 0.29) is 11.4 Å². The summed E-state index contributed by atoms with van der Waals surface area (Å²) in [6, 6.07) is 13.2. The van der Waals surface area contributed by atoms with Crippen LogP contribution in [0.4, 0.5) is 16.3 Å². The summed E-state index contributed by atoms with van der Waals surface area (Å²) in [6.45, 7) is 10.2. The third kappa shape index (κ3) is 3.91. The average molecular weight is 403 g/mol. The maximum atomic E-state index is 12.3. The maximum Gasteiger partial charge on any atom is 0.324 e. The monoisotopic (exact) mass is 403 g/mol. The number of anilines is 2. The molecule has 154 valence electrons. The minimum atomic E-state index is -0.379. The number of imidazole rings is 1. The first kappa shape index (κ1) is 19.7. The van der Waals surface area contributed by atoms with E-state index in [4.69, 9.17) is 4.52 Å². The third-order valence-electron chi connectivity index (χ3n) is 5.06. The molecule has 0 saturated carbocycles. The lowest BCUT2D eigenvalue weighted by Gasteiger charge is -2.12. The number of aromatic nitrogens is 3. The SMILES string of the molecule is Cc1cc2ncn(-c3ccc(NC(=O)Nc4cc(C(C)(C)C)on4)cc3)c2cc1C. The van der Waals surface area contributed by atoms with Crippen molar-refractivity contribution in [3.05, 3.63) is 65.7 Å². The second-order valence-corrected chi connectivity index (χ2v) is 8.49. The normalized spacial score (nSPS) is 11.6. The van der Waals surface area contributed by atoms with Crippen LogP contribution in [0.15, 0.2) is 53.3 Å². The first-order chi connectivity index (χ1) is 14.2. The predicted molar refractivity (Wildman–Crippen MR) is 118 cm³/mol. The Balaban J connectivity index is 1.47. The van der Waals surface area contributed by atoms with Crippen molar-refractivity contribution in [2.24, 2.45) is 0 Å². The topological polar surface area (TPSA) is 85.0 Å². The number of urea groups is 1. The van der Waals surface area contributed by atoms with Gasteiger partial charge in [-0.15, -0.1) is 0 Å². The Hall–Kier alpha value is -3.61. The van der Waals surface area contributed by atoms with E-state index in [0.717, 1.165) is 16.7 Å². The van der Waals surface area contributed by atoms with Crippen molar-refractivity contribution in [2.45, 2.75) is 40.0 Å². The summed E-state index contributed by atoms with van der Waals surface area (Å²) in [5.74, 6) is 1.09. The molecule has 2 N–H and O–H groups in total. The smallest absolute Gasteiger partial charge is 0.324 e. The average Bonchev–Trinajstić information content (AvgIpc) is 3.30. The van der Waals surface area contributed by atoms with Gasteiger partial charge in [-0.05, 0) is 61.4 Å². The summed E-state index contributed by atoms with van der Waals surface area (Å²) in [4.78, 5) is 16.8. The molecule has 0 saturated heterocycles. The molecule has 7 nitrogen and oxygen atoms in total. The lowest BCUT2D eigenvalue weighted by Crippen LogP contribution is -2.19. The van der Waals surface area contributed by atoms with Crippen LogP contribution in [0.25, 0.3) is 16.7 Å². The molecule has 0 aliphatic carbocycles. The van der Waals surface area contributed by atoms with Gasteiger partial charge in [-0.2, -0.15) is 0 Å². The zero-order chi connectivity index (χ0) is 21.5. The number of fused-ring (bicyclic) bond motifs is 1. The molecule has 30 heavy (non-hydrogen) atoms. The highest BCUT2D eigenvalue weighted by atomic mass is 16.5. The van der Waals surface area contributed by atoms with Crippen LogP contribution in [0.5, 0.6) is 0 Å². The van der Waals surface area contributed by atoms with Crippen LogP contribution < -0.4 is 10.6 Å². The van der Waals surface area contributed by atoms with Crippen molar-refractivity contribution in [3.8, 4) is 5.69 Å². The predicted octanol–water partition coefficient (Wildman–Crippen LogP) is 5.57. The zero-order valence-corrected chi connectivity index (χ0v) is 17.8. The molecule has 0 bridgehead atoms. The van der Waals surface area contributed by atoms with Gasteiger partial charge in [0.15, 0.2) is 5.82 Å². The van der Waals surface area contributed by atoms with Gasteiger partial charge >= 0.3 is 6.03 Å². The van der Waals surface area contributed by atoms with E-state index in [1.165, 1.54) is 11.1 Å². The molecule has 4 aromatic rings. The molecule has 0 aliphatic rings. The second-order valence-electron chi connectivity index (χ2n) is 8.49. The standard InChI is InChI=1S/C23H25N5O2/c1-14-10-18-19(11-15(14)2)28(13-24-18)17-8-6-16(7-9-17)25-22(29)26-21-12-20(30-27-21)23(3,4)5/h6-13H,1-5H3,(H2,25,26,27,29). The Morgan fingerprint density at radius 3 is 2.37 bits per heavy atom. The molecule has 0 unspecified atom stereocenters. The van der Waals surface area contributed by atoms with E-state index in [1.807, 2.05) is 55.9 Å². The van der Waals surface area contributed by atoms with Crippen LogP contribution in [0.3, 0.4) is 0 Å². The number of rotatable bonds is 3. The van der Waals surface area contributed by atoms with Crippen molar-refractivity contribution >= 4 is 28.6 Å². The van der Waals surface area contributed by atoms with E-state index in [0.29, 0.717) is 17.3 Å². The van der Waals surface area contributed by atoms with Gasteiger partial charge in [0.05, 0.1) is 11.0 Å². The minimum Gasteiger partial charge on any atom is -0.359 e. The van der Waals surface area contributed by atoms with Crippen LogP contribution in [0.2, 0.25) is 0 Å². The summed E-state index contributed by atoms with van der Waals surface area (Å²) in [6.07, 6.45) is 1.82. The molecule has 0 aliphatic heterocycles. The number of nitrogens with one attached hydrogen (secondary N) is 2. The van der Waals surface area contributed by atoms with Gasteiger partial charge < -0.3 is 9.84 Å². The highest BCUT2D eigenvalue weighted by molar-refractivity contribution is 5.99. The second kappa shape index (κ2) is 7.33. The largest absolute Gasteiger partial charge is 0.359 e. The quantitative estimate of drug-likeness (QED) is 0.468. The Morgan fingerprint density at radius 1 is 1.00 bits per heavy atom. The van der Waals surface area contributed by atoms with Gasteiger partial charge in [0.1, 0.15) is 12.1 Å². The van der Waals surface area contributed by atoms with Crippen LogP contribution in [0.1, 0.15) is 37.7 Å². The summed E-state index contributed by atoms with van der Waals surface area (Å²) in [5.41, 5.74) is 5.93. The Kier molecular flexibility index (Phi) is 4.81. The van der Waals surface area contributed by atoms with E-state index >= 15 is 0 Å². The van der Waals surface area contributed by atoms with Crippen LogP contribution in [-0.4, -0.2) is 20.7 Å². The molecule has 0 atom stereocenters. The fourth-order valence-electron chi connectivity index (χ4n) is 3.14. The number of aryl methyl sites for hydroxylation is 2. The van der Waals surface area contributed by atoms with E-state index in [1.54, 1.807) is 6.07 Å². The highest BCUT2D eigenvalue weighted by Gasteiger charge is 2.20. The Morgan fingerprint density at radius 2 is 1.70 bits per heavy atom. The zero-order valence-electron chi connectivity index (χ0n) is 17.8. The number of benzene rings is 2. The van der Waals surface area contributed by atoms with Gasteiger partial charge in [-0.25, -0.2) is 9.78 Å². The molecular weight excluding hydrogens is 378 g/mol. The fraction of sp³-hybridized carbons (Fsp3) is 0.261. The number of carbonyl (C=O) groups is 1. The lowest BCUT2D eigenvalue weighted by molar-refractivity contribution is 0.262. The van der Waals surface area contributed by atoms with Crippen molar-refractivity contribution < 1.29 is 9.32 Å². The van der Waals surface area contributed by atoms with Gasteiger partial charge in [0.25, 0.3) is 0 Å². The molecule has 0 fully saturated rings. The van der Waals surface area contributed by atoms with Crippen molar-refractivity contribution in [1.29, 1.82) is 0 Å². The summed E-state index contributed by atoms with van der Waals surface area (Å²) in [7, 11) is 0.